The Hall–Kier alpha value is -3.84. The second-order valence-electron chi connectivity index (χ2n) is 6.69. The average molecular weight is 354 g/mol. The minimum atomic E-state index is 0.948. The zero-order valence-corrected chi connectivity index (χ0v) is 15.6. The topological polar surface area (TPSA) is 0 Å². The molecule has 0 aromatic heterocycles. The molecule has 3 aromatic carbocycles. The monoisotopic (exact) mass is 354 g/mol. The van der Waals surface area contributed by atoms with Crippen LogP contribution in [0.2, 0.25) is 0 Å². The molecule has 0 aliphatic heterocycles. The Morgan fingerprint density at radius 1 is 0.464 bits per heavy atom. The summed E-state index contributed by atoms with van der Waals surface area (Å²) in [6.07, 6.45) is 3.89. The molecule has 4 aliphatic carbocycles. The van der Waals surface area contributed by atoms with Crippen molar-refractivity contribution >= 4 is 10.8 Å². The maximum Gasteiger partial charge on any atom is 0.0440 e. The number of rotatable bonds is 0. The van der Waals surface area contributed by atoms with E-state index in [9.17, 15) is 0 Å². The van der Waals surface area contributed by atoms with Gasteiger partial charge in [0, 0.05) is 10.8 Å². The van der Waals surface area contributed by atoms with Crippen LogP contribution < -0.4 is 0 Å². The van der Waals surface area contributed by atoms with Crippen LogP contribution in [0.25, 0.3) is 10.8 Å². The van der Waals surface area contributed by atoms with Crippen molar-refractivity contribution in [2.45, 2.75) is 25.7 Å². The molecule has 0 fully saturated rings. The summed E-state index contributed by atoms with van der Waals surface area (Å²) in [5.41, 5.74) is 5.22. The van der Waals surface area contributed by atoms with E-state index in [4.69, 9.17) is 0 Å². The third kappa shape index (κ3) is 4.28. The number of hydrogen-bond donors (Lipinski definition) is 0. The summed E-state index contributed by atoms with van der Waals surface area (Å²) >= 11 is 0. The van der Waals surface area contributed by atoms with Gasteiger partial charge in [-0.1, -0.05) is 72.8 Å². The first-order valence-corrected chi connectivity index (χ1v) is 9.47. The van der Waals surface area contributed by atoms with Gasteiger partial charge in [0.25, 0.3) is 0 Å². The van der Waals surface area contributed by atoms with Gasteiger partial charge in [-0.3, -0.25) is 0 Å². The summed E-state index contributed by atoms with van der Waals surface area (Å²) in [7, 11) is 0. The normalized spacial score (nSPS) is 11.3. The van der Waals surface area contributed by atoms with E-state index in [0.29, 0.717) is 0 Å². The standard InChI is InChI=1S/C28H18/c1-2-4-6-8-10-12-28-26-20-18-24-15-13-23(14-16-24)17-19-25(21-22-26)27(28)11-9-7-5-3-1/h5-8,13-16,21-22H,17-20H2. The number of benzene rings is 2. The van der Waals surface area contributed by atoms with E-state index < -0.39 is 0 Å². The summed E-state index contributed by atoms with van der Waals surface area (Å²) in [4.78, 5) is 0. The highest BCUT2D eigenvalue weighted by Gasteiger charge is 2.08. The van der Waals surface area contributed by atoms with Crippen LogP contribution >= 0.6 is 0 Å². The molecule has 0 saturated carbocycles. The van der Waals surface area contributed by atoms with Gasteiger partial charge >= 0.3 is 0 Å². The Kier molecular flexibility index (Phi) is 5.46. The summed E-state index contributed by atoms with van der Waals surface area (Å²) in [5, 5.41) is 2.10. The van der Waals surface area contributed by atoms with Crippen LogP contribution in [0.15, 0.2) is 60.7 Å². The maximum absolute atomic E-state index is 3.35. The Morgan fingerprint density at radius 2 is 0.893 bits per heavy atom. The molecular weight excluding hydrogens is 336 g/mol. The van der Waals surface area contributed by atoms with Crippen LogP contribution in [0.4, 0.5) is 0 Å². The molecule has 0 nitrogen and oxygen atoms in total. The van der Waals surface area contributed by atoms with Crippen LogP contribution in [0.5, 0.6) is 0 Å². The molecule has 3 aromatic rings. The lowest BCUT2D eigenvalue weighted by Gasteiger charge is -2.11. The van der Waals surface area contributed by atoms with Crippen LogP contribution in [0.1, 0.15) is 22.3 Å². The Bertz CT molecular complexity index is 972. The summed E-state index contributed by atoms with van der Waals surface area (Å²) in [6, 6.07) is 44.8. The van der Waals surface area contributed by atoms with Gasteiger partial charge in [0.05, 0.1) is 0 Å². The average Bonchev–Trinajstić information content (AvgIpc) is 2.71. The minimum Gasteiger partial charge on any atom is -0.0689 e. The van der Waals surface area contributed by atoms with Crippen LogP contribution in [-0.2, 0) is 25.7 Å². The zero-order chi connectivity index (χ0) is 19.0. The van der Waals surface area contributed by atoms with Crippen molar-refractivity contribution in [3.63, 3.8) is 0 Å². The highest BCUT2D eigenvalue weighted by Crippen LogP contribution is 2.23. The smallest absolute Gasteiger partial charge is 0.0440 e. The minimum absolute atomic E-state index is 0.948. The molecule has 0 N–H and O–H groups in total. The molecular formula is C28H18. The van der Waals surface area contributed by atoms with Gasteiger partial charge in [0.2, 0.25) is 0 Å². The van der Waals surface area contributed by atoms with Crippen molar-refractivity contribution in [1.82, 2.24) is 0 Å². The molecule has 0 saturated heterocycles. The Balaban J connectivity index is 1.94. The highest BCUT2D eigenvalue weighted by molar-refractivity contribution is 5.85. The third-order valence-electron chi connectivity index (χ3n) is 4.87. The largest absolute Gasteiger partial charge is 0.0689 e. The SMILES string of the molecule is c1c#cccc#cc2c3ccc(c2c#cccc#1)CCc1ccc(cc1)CC3. The van der Waals surface area contributed by atoms with E-state index in [0.717, 1.165) is 36.5 Å². The van der Waals surface area contributed by atoms with Gasteiger partial charge in [0.15, 0.2) is 0 Å². The third-order valence-corrected chi connectivity index (χ3v) is 4.87. The fraction of sp³-hybridized carbons (Fsp3) is 0.143. The molecule has 0 heterocycles. The van der Waals surface area contributed by atoms with Crippen LogP contribution in [0.3, 0.4) is 0 Å². The van der Waals surface area contributed by atoms with Crippen LogP contribution in [0, 0.1) is 48.5 Å². The lowest BCUT2D eigenvalue weighted by atomic mass is 9.93. The van der Waals surface area contributed by atoms with E-state index in [-0.39, 0.29) is 0 Å². The quantitative estimate of drug-likeness (QED) is 0.509. The van der Waals surface area contributed by atoms with E-state index >= 15 is 0 Å². The molecule has 7 rings (SSSR count). The predicted octanol–water partition coefficient (Wildman–Crippen LogP) is 5.37. The Morgan fingerprint density at radius 3 is 1.36 bits per heavy atom. The first-order valence-electron chi connectivity index (χ1n) is 9.47. The molecule has 28 heavy (non-hydrogen) atoms. The molecule has 0 atom stereocenters. The summed E-state index contributed by atoms with van der Waals surface area (Å²) in [5.74, 6) is 0. The lowest BCUT2D eigenvalue weighted by Crippen LogP contribution is -1.99. The van der Waals surface area contributed by atoms with E-state index in [1.807, 2.05) is 0 Å². The molecule has 0 unspecified atom stereocenters. The zero-order valence-electron chi connectivity index (χ0n) is 15.6. The fourth-order valence-corrected chi connectivity index (χ4v) is 3.37. The second-order valence-corrected chi connectivity index (χ2v) is 6.69. The predicted molar refractivity (Wildman–Crippen MR) is 111 cm³/mol. The molecule has 4 aliphatic rings. The van der Waals surface area contributed by atoms with E-state index in [1.54, 1.807) is 24.3 Å². The summed E-state index contributed by atoms with van der Waals surface area (Å²) < 4.78 is 0. The first kappa shape index (κ1) is 17.6. The van der Waals surface area contributed by atoms with Crippen molar-refractivity contribution in [2.24, 2.45) is 0 Å². The van der Waals surface area contributed by atoms with Gasteiger partial charge in [-0.2, -0.15) is 0 Å². The maximum atomic E-state index is 3.35. The molecule has 0 spiro atoms. The number of hydrogen-bond acceptors (Lipinski definition) is 0. The van der Waals surface area contributed by atoms with Crippen LogP contribution in [-0.4, -0.2) is 0 Å². The molecule has 0 heteroatoms. The molecule has 4 bridgehead atoms. The van der Waals surface area contributed by atoms with Crippen molar-refractivity contribution < 1.29 is 0 Å². The number of aryl methyl sites for hydroxylation is 4. The fourth-order valence-electron chi connectivity index (χ4n) is 3.37. The first-order chi connectivity index (χ1) is 13.9. The molecule has 0 radical (unpaired) electrons. The second kappa shape index (κ2) is 8.70. The van der Waals surface area contributed by atoms with Crippen molar-refractivity contribution in [3.05, 3.63) is 131 Å². The van der Waals surface area contributed by atoms with Crippen molar-refractivity contribution in [2.75, 3.05) is 0 Å². The van der Waals surface area contributed by atoms with E-state index in [2.05, 4.69) is 84.9 Å². The Labute approximate surface area is 168 Å². The summed E-state index contributed by atoms with van der Waals surface area (Å²) in [6.45, 7) is 0. The molecule has 0 amide bonds. The highest BCUT2D eigenvalue weighted by atomic mass is 14.1. The van der Waals surface area contributed by atoms with Gasteiger partial charge in [-0.25, -0.2) is 0 Å². The molecule has 130 valence electrons. The van der Waals surface area contributed by atoms with Gasteiger partial charge < -0.3 is 0 Å². The van der Waals surface area contributed by atoms with Gasteiger partial charge in [-0.05, 0) is 84.3 Å². The van der Waals surface area contributed by atoms with Gasteiger partial charge in [0.1, 0.15) is 0 Å². The van der Waals surface area contributed by atoms with E-state index in [1.165, 1.54) is 22.3 Å². The lowest BCUT2D eigenvalue weighted by molar-refractivity contribution is 0.934. The van der Waals surface area contributed by atoms with Gasteiger partial charge in [-0.15, -0.1) is 0 Å². The van der Waals surface area contributed by atoms with Crippen molar-refractivity contribution in [1.29, 1.82) is 0 Å². The van der Waals surface area contributed by atoms with Crippen molar-refractivity contribution in [3.8, 4) is 0 Å².